The molecule has 1 spiro atoms. The molecule has 0 heterocycles. The Morgan fingerprint density at radius 3 is 1.48 bits per heavy atom. The zero-order chi connectivity index (χ0) is 31.8. The molecule has 0 aliphatic heterocycles. The molecular weight excluding hydrogens is 602 g/mol. The summed E-state index contributed by atoms with van der Waals surface area (Å²) in [6.07, 6.45) is 6.92. The Hall–Kier alpha value is -4.59. The second-order valence-electron chi connectivity index (χ2n) is 14.7. The third-order valence-electron chi connectivity index (χ3n) is 12.3. The van der Waals surface area contributed by atoms with Crippen LogP contribution in [0.4, 0.5) is 17.1 Å². The Bertz CT molecular complexity index is 2020. The molecule has 48 heavy (non-hydrogen) atoms. The second-order valence-corrected chi connectivity index (χ2v) is 15.1. The van der Waals surface area contributed by atoms with E-state index in [2.05, 4.69) is 150 Å². The minimum Gasteiger partial charge on any atom is -0.309 e. The fraction of sp³-hybridized carbons (Fsp3) is 0.217. The van der Waals surface area contributed by atoms with Gasteiger partial charge in [0.25, 0.3) is 0 Å². The molecule has 0 aromatic heterocycles. The van der Waals surface area contributed by atoms with E-state index in [9.17, 15) is 0 Å². The van der Waals surface area contributed by atoms with Crippen LogP contribution in [0, 0.1) is 23.7 Å². The quantitative estimate of drug-likeness (QED) is 0.181. The number of anilines is 3. The lowest BCUT2D eigenvalue weighted by atomic mass is 9.43. The highest BCUT2D eigenvalue weighted by molar-refractivity contribution is 6.34. The van der Waals surface area contributed by atoms with E-state index in [1.807, 2.05) is 0 Å². The number of fused-ring (bicyclic) bond motifs is 3. The molecule has 0 N–H and O–H groups in total. The van der Waals surface area contributed by atoms with E-state index in [-0.39, 0.29) is 5.41 Å². The van der Waals surface area contributed by atoms with Crippen molar-refractivity contribution >= 4 is 28.7 Å². The van der Waals surface area contributed by atoms with E-state index in [0.717, 1.165) is 33.9 Å². The topological polar surface area (TPSA) is 3.24 Å². The van der Waals surface area contributed by atoms with Crippen LogP contribution in [-0.2, 0) is 5.41 Å². The largest absolute Gasteiger partial charge is 0.309 e. The van der Waals surface area contributed by atoms with Crippen molar-refractivity contribution in [1.82, 2.24) is 0 Å². The van der Waals surface area contributed by atoms with E-state index < -0.39 is 0 Å². The van der Waals surface area contributed by atoms with Crippen molar-refractivity contribution in [2.24, 2.45) is 23.7 Å². The summed E-state index contributed by atoms with van der Waals surface area (Å²) >= 11 is 7.46. The van der Waals surface area contributed by atoms with Crippen LogP contribution < -0.4 is 4.90 Å². The normalized spacial score (nSPS) is 24.4. The van der Waals surface area contributed by atoms with Crippen LogP contribution in [-0.4, -0.2) is 0 Å². The number of halogens is 1. The Labute approximate surface area is 288 Å². The van der Waals surface area contributed by atoms with Crippen LogP contribution in [0.3, 0.4) is 0 Å². The van der Waals surface area contributed by atoms with Gasteiger partial charge in [0.2, 0.25) is 0 Å². The van der Waals surface area contributed by atoms with Crippen molar-refractivity contribution in [2.45, 2.75) is 37.5 Å². The SMILES string of the molecule is Clc1cc2c(cc1N(c1ccc(-c3ccccc3)cc1)c1ccc(-c3ccccc3)cc1)C1(c3ccccc3-2)C2CC3CC(C2)CC1C3. The first kappa shape index (κ1) is 28.4. The Morgan fingerprint density at radius 2 is 0.938 bits per heavy atom. The molecule has 0 atom stereocenters. The average Bonchev–Trinajstić information content (AvgIpc) is 3.41. The van der Waals surface area contributed by atoms with Gasteiger partial charge in [-0.3, -0.25) is 0 Å². The fourth-order valence-corrected chi connectivity index (χ4v) is 10.9. The molecule has 4 bridgehead atoms. The van der Waals surface area contributed by atoms with Crippen molar-refractivity contribution in [1.29, 1.82) is 0 Å². The van der Waals surface area contributed by atoms with E-state index in [0.29, 0.717) is 11.8 Å². The Balaban J connectivity index is 1.15. The number of nitrogens with zero attached hydrogens (tertiary/aromatic N) is 1. The average molecular weight is 640 g/mol. The number of hydrogen-bond acceptors (Lipinski definition) is 1. The molecular formula is C46H38ClN. The number of hydrogen-bond donors (Lipinski definition) is 0. The maximum absolute atomic E-state index is 7.46. The predicted octanol–water partition coefficient (Wildman–Crippen LogP) is 12.9. The van der Waals surface area contributed by atoms with E-state index in [1.54, 1.807) is 5.56 Å². The maximum Gasteiger partial charge on any atom is 0.0653 e. The maximum atomic E-state index is 7.46. The van der Waals surface area contributed by atoms with Crippen molar-refractivity contribution in [3.8, 4) is 33.4 Å². The number of benzene rings is 6. The van der Waals surface area contributed by atoms with Gasteiger partial charge in [-0.15, -0.1) is 0 Å². The van der Waals surface area contributed by atoms with E-state index in [1.165, 1.54) is 71.0 Å². The van der Waals surface area contributed by atoms with E-state index >= 15 is 0 Å². The molecule has 6 aromatic carbocycles. The highest BCUT2D eigenvalue weighted by Gasteiger charge is 2.61. The molecule has 5 aliphatic carbocycles. The van der Waals surface area contributed by atoms with Gasteiger partial charge in [-0.05, 0) is 137 Å². The Morgan fingerprint density at radius 1 is 0.458 bits per heavy atom. The molecule has 5 aliphatic rings. The summed E-state index contributed by atoms with van der Waals surface area (Å²) in [5.41, 5.74) is 14.1. The molecule has 1 nitrogen and oxygen atoms in total. The van der Waals surface area contributed by atoms with Crippen LogP contribution >= 0.6 is 11.6 Å². The van der Waals surface area contributed by atoms with Gasteiger partial charge in [0.15, 0.2) is 0 Å². The van der Waals surface area contributed by atoms with Gasteiger partial charge in [-0.2, -0.15) is 0 Å². The van der Waals surface area contributed by atoms with Crippen LogP contribution in [0.2, 0.25) is 5.02 Å². The van der Waals surface area contributed by atoms with Crippen LogP contribution in [0.5, 0.6) is 0 Å². The molecule has 0 saturated heterocycles. The lowest BCUT2D eigenvalue weighted by Crippen LogP contribution is -2.55. The first-order valence-electron chi connectivity index (χ1n) is 17.7. The van der Waals surface area contributed by atoms with Gasteiger partial charge in [0.05, 0.1) is 10.7 Å². The van der Waals surface area contributed by atoms with Crippen molar-refractivity contribution in [3.63, 3.8) is 0 Å². The van der Waals surface area contributed by atoms with Crippen molar-refractivity contribution in [3.05, 3.63) is 162 Å². The third kappa shape index (κ3) is 4.23. The minimum absolute atomic E-state index is 0.0820. The summed E-state index contributed by atoms with van der Waals surface area (Å²) < 4.78 is 0. The highest BCUT2D eigenvalue weighted by Crippen LogP contribution is 2.70. The monoisotopic (exact) mass is 639 g/mol. The van der Waals surface area contributed by atoms with Gasteiger partial charge in [-0.1, -0.05) is 121 Å². The van der Waals surface area contributed by atoms with Gasteiger partial charge in [0.1, 0.15) is 0 Å². The standard InChI is InChI=1S/C46H38ClN/c47-44-28-41-40-13-7-8-14-42(40)46(36-24-30-23-31(26-36)27-37(46)25-30)43(41)29-45(44)48(38-19-15-34(16-20-38)32-9-3-1-4-10-32)39-21-17-35(18-22-39)33-11-5-2-6-12-33/h1-22,28-31,36-37H,23-27H2. The van der Waals surface area contributed by atoms with Crippen molar-refractivity contribution < 1.29 is 0 Å². The Kier molecular flexibility index (Phi) is 6.50. The summed E-state index contributed by atoms with van der Waals surface area (Å²) in [5.74, 6) is 3.22. The molecule has 0 unspecified atom stereocenters. The fourth-order valence-electron chi connectivity index (χ4n) is 10.6. The first-order valence-corrected chi connectivity index (χ1v) is 18.1. The summed E-state index contributed by atoms with van der Waals surface area (Å²) in [6.45, 7) is 0. The molecule has 4 fully saturated rings. The summed E-state index contributed by atoms with van der Waals surface area (Å²) in [5, 5.41) is 0.795. The van der Waals surface area contributed by atoms with Crippen molar-refractivity contribution in [2.75, 3.05) is 4.90 Å². The van der Waals surface area contributed by atoms with Gasteiger partial charge in [-0.25, -0.2) is 0 Å². The van der Waals surface area contributed by atoms with Gasteiger partial charge in [0, 0.05) is 16.8 Å². The van der Waals surface area contributed by atoms with Gasteiger partial charge < -0.3 is 4.90 Å². The molecule has 2 heteroatoms. The molecule has 0 amide bonds. The first-order chi connectivity index (χ1) is 23.7. The van der Waals surface area contributed by atoms with Crippen LogP contribution in [0.15, 0.2) is 146 Å². The lowest BCUT2D eigenvalue weighted by molar-refractivity contribution is -0.0399. The summed E-state index contributed by atoms with van der Waals surface area (Å²) in [7, 11) is 0. The summed E-state index contributed by atoms with van der Waals surface area (Å²) in [4.78, 5) is 2.39. The van der Waals surface area contributed by atoms with Gasteiger partial charge >= 0.3 is 0 Å². The zero-order valence-corrected chi connectivity index (χ0v) is 27.8. The highest BCUT2D eigenvalue weighted by atomic mass is 35.5. The molecule has 0 radical (unpaired) electrons. The molecule has 6 aromatic rings. The zero-order valence-electron chi connectivity index (χ0n) is 27.0. The summed E-state index contributed by atoms with van der Waals surface area (Å²) in [6, 6.07) is 53.4. The smallest absolute Gasteiger partial charge is 0.0653 e. The van der Waals surface area contributed by atoms with Crippen LogP contribution in [0.1, 0.15) is 43.2 Å². The second kappa shape index (κ2) is 11.0. The molecule has 11 rings (SSSR count). The van der Waals surface area contributed by atoms with Crippen LogP contribution in [0.25, 0.3) is 33.4 Å². The third-order valence-corrected chi connectivity index (χ3v) is 12.6. The number of rotatable bonds is 5. The van der Waals surface area contributed by atoms with E-state index in [4.69, 9.17) is 11.6 Å². The molecule has 234 valence electrons. The minimum atomic E-state index is 0.0820. The predicted molar refractivity (Wildman–Crippen MR) is 200 cm³/mol. The molecule has 4 saturated carbocycles. The lowest BCUT2D eigenvalue weighted by Gasteiger charge is -2.61.